The maximum Gasteiger partial charge on any atom is 0.308 e. The summed E-state index contributed by atoms with van der Waals surface area (Å²) >= 11 is 0. The topological polar surface area (TPSA) is 73.4 Å². The summed E-state index contributed by atoms with van der Waals surface area (Å²) in [6.07, 6.45) is 0.515. The fraction of sp³-hybridized carbons (Fsp3) is 0.412. The second kappa shape index (κ2) is 5.16. The highest BCUT2D eigenvalue weighted by atomic mass is 16.4. The van der Waals surface area contributed by atoms with Crippen molar-refractivity contribution in [3.8, 4) is 0 Å². The highest BCUT2D eigenvalue weighted by Gasteiger charge is 2.38. The Kier molecular flexibility index (Phi) is 3.43. The van der Waals surface area contributed by atoms with Crippen LogP contribution in [0.15, 0.2) is 18.2 Å². The van der Waals surface area contributed by atoms with Gasteiger partial charge in [-0.1, -0.05) is 12.1 Å². The van der Waals surface area contributed by atoms with Gasteiger partial charge in [0.05, 0.1) is 17.0 Å². The minimum absolute atomic E-state index is 0.0944. The molecule has 0 bridgehead atoms. The van der Waals surface area contributed by atoms with Crippen LogP contribution in [-0.2, 0) is 4.79 Å². The number of aromatic nitrogens is 1. The number of benzene rings is 1. The van der Waals surface area contributed by atoms with Crippen molar-refractivity contribution in [2.24, 2.45) is 5.92 Å². The predicted molar refractivity (Wildman–Crippen MR) is 84.0 cm³/mol. The molecule has 5 nitrogen and oxygen atoms in total. The Hall–Kier alpha value is -2.30. The molecule has 116 valence electrons. The molecule has 0 aliphatic carbocycles. The number of rotatable bonds is 2. The first-order valence-electron chi connectivity index (χ1n) is 7.53. The SMILES string of the molecule is Cc1[nH]c2c(C(=O)N3CCC(C(=O)O)C3C)cccc2c1C. The van der Waals surface area contributed by atoms with Gasteiger partial charge < -0.3 is 15.0 Å². The molecule has 1 aliphatic heterocycles. The zero-order valence-corrected chi connectivity index (χ0v) is 13.0. The molecule has 2 unspecified atom stereocenters. The van der Waals surface area contributed by atoms with Crippen molar-refractivity contribution in [3.05, 3.63) is 35.0 Å². The monoisotopic (exact) mass is 300 g/mol. The summed E-state index contributed by atoms with van der Waals surface area (Å²) < 4.78 is 0. The summed E-state index contributed by atoms with van der Waals surface area (Å²) in [5.41, 5.74) is 3.65. The van der Waals surface area contributed by atoms with Crippen LogP contribution in [0.2, 0.25) is 0 Å². The van der Waals surface area contributed by atoms with Gasteiger partial charge in [0.25, 0.3) is 5.91 Å². The molecule has 2 atom stereocenters. The van der Waals surface area contributed by atoms with Gasteiger partial charge in [0.1, 0.15) is 0 Å². The smallest absolute Gasteiger partial charge is 0.308 e. The maximum absolute atomic E-state index is 12.9. The minimum atomic E-state index is -0.826. The van der Waals surface area contributed by atoms with Crippen molar-refractivity contribution in [3.63, 3.8) is 0 Å². The molecule has 1 amide bonds. The van der Waals surface area contributed by atoms with Gasteiger partial charge in [0.15, 0.2) is 0 Å². The lowest BCUT2D eigenvalue weighted by atomic mass is 10.0. The van der Waals surface area contributed by atoms with Gasteiger partial charge in [-0.3, -0.25) is 9.59 Å². The number of nitrogens with one attached hydrogen (secondary N) is 1. The summed E-state index contributed by atoms with van der Waals surface area (Å²) in [7, 11) is 0. The fourth-order valence-corrected chi connectivity index (χ4v) is 3.37. The van der Waals surface area contributed by atoms with Crippen molar-refractivity contribution in [1.29, 1.82) is 0 Å². The van der Waals surface area contributed by atoms with E-state index >= 15 is 0 Å². The van der Waals surface area contributed by atoms with E-state index in [1.807, 2.05) is 32.9 Å². The number of para-hydroxylation sites is 1. The lowest BCUT2D eigenvalue weighted by molar-refractivity contribution is -0.142. The molecule has 1 fully saturated rings. The molecule has 2 heterocycles. The second-order valence-electron chi connectivity index (χ2n) is 6.08. The van der Waals surface area contributed by atoms with Gasteiger partial charge in [-0.15, -0.1) is 0 Å². The number of nitrogens with zero attached hydrogens (tertiary/aromatic N) is 1. The largest absolute Gasteiger partial charge is 0.481 e. The highest BCUT2D eigenvalue weighted by molar-refractivity contribution is 6.07. The van der Waals surface area contributed by atoms with Crippen LogP contribution < -0.4 is 0 Å². The van der Waals surface area contributed by atoms with E-state index in [2.05, 4.69) is 4.98 Å². The van der Waals surface area contributed by atoms with Gasteiger partial charge in [0, 0.05) is 23.7 Å². The van der Waals surface area contributed by atoms with Crippen molar-refractivity contribution in [1.82, 2.24) is 9.88 Å². The normalized spacial score (nSPS) is 21.5. The van der Waals surface area contributed by atoms with E-state index in [1.54, 1.807) is 11.0 Å². The number of carboxylic acid groups (broad SMARTS) is 1. The zero-order valence-electron chi connectivity index (χ0n) is 13.0. The van der Waals surface area contributed by atoms with Crippen LogP contribution in [0.25, 0.3) is 10.9 Å². The highest BCUT2D eigenvalue weighted by Crippen LogP contribution is 2.29. The first kappa shape index (κ1) is 14.6. The third-order valence-electron chi connectivity index (χ3n) is 4.91. The molecule has 1 aromatic heterocycles. The van der Waals surface area contributed by atoms with Crippen molar-refractivity contribution < 1.29 is 14.7 Å². The minimum Gasteiger partial charge on any atom is -0.481 e. The molecule has 0 saturated carbocycles. The Bertz CT molecular complexity index is 763. The van der Waals surface area contributed by atoms with Crippen molar-refractivity contribution in [2.75, 3.05) is 6.54 Å². The number of likely N-dealkylation sites (tertiary alicyclic amines) is 1. The molecule has 22 heavy (non-hydrogen) atoms. The van der Waals surface area contributed by atoms with E-state index in [9.17, 15) is 14.7 Å². The van der Waals surface area contributed by atoms with E-state index < -0.39 is 11.9 Å². The third-order valence-corrected chi connectivity index (χ3v) is 4.91. The number of hydrogen-bond acceptors (Lipinski definition) is 2. The number of aryl methyl sites for hydroxylation is 2. The summed E-state index contributed by atoms with van der Waals surface area (Å²) in [6.45, 7) is 6.32. The van der Waals surface area contributed by atoms with Gasteiger partial charge >= 0.3 is 5.97 Å². The van der Waals surface area contributed by atoms with Crippen molar-refractivity contribution >= 4 is 22.8 Å². The predicted octanol–water partition coefficient (Wildman–Crippen LogP) is 2.72. The number of fused-ring (bicyclic) bond motifs is 1. The number of aromatic amines is 1. The van der Waals surface area contributed by atoms with Crippen LogP contribution in [-0.4, -0.2) is 39.5 Å². The van der Waals surface area contributed by atoms with E-state index in [1.165, 1.54) is 0 Å². The summed E-state index contributed by atoms with van der Waals surface area (Å²) in [5.74, 6) is -1.40. The summed E-state index contributed by atoms with van der Waals surface area (Å²) in [6, 6.07) is 5.40. The molecule has 3 rings (SSSR count). The van der Waals surface area contributed by atoms with Crippen LogP contribution in [0, 0.1) is 19.8 Å². The third kappa shape index (κ3) is 2.08. The average Bonchev–Trinajstić information content (AvgIpc) is 3.00. The Morgan fingerprint density at radius 3 is 2.68 bits per heavy atom. The molecular formula is C17H20N2O3. The molecule has 2 aromatic rings. The first-order valence-corrected chi connectivity index (χ1v) is 7.53. The van der Waals surface area contributed by atoms with Crippen LogP contribution in [0.3, 0.4) is 0 Å². The zero-order chi connectivity index (χ0) is 16.0. The molecule has 5 heteroatoms. The lowest BCUT2D eigenvalue weighted by Crippen LogP contribution is -2.37. The Balaban J connectivity index is 2.00. The van der Waals surface area contributed by atoms with Crippen LogP contribution >= 0.6 is 0 Å². The van der Waals surface area contributed by atoms with Gasteiger partial charge in [-0.05, 0) is 38.8 Å². The molecule has 1 aliphatic rings. The van der Waals surface area contributed by atoms with Gasteiger partial charge in [-0.2, -0.15) is 0 Å². The number of amides is 1. The van der Waals surface area contributed by atoms with E-state index in [0.29, 0.717) is 18.5 Å². The molecule has 0 radical (unpaired) electrons. The Labute approximate surface area is 128 Å². The van der Waals surface area contributed by atoms with E-state index in [0.717, 1.165) is 22.2 Å². The molecular weight excluding hydrogens is 280 g/mol. The van der Waals surface area contributed by atoms with Crippen molar-refractivity contribution in [2.45, 2.75) is 33.2 Å². The van der Waals surface area contributed by atoms with Crippen LogP contribution in [0.5, 0.6) is 0 Å². The fourth-order valence-electron chi connectivity index (χ4n) is 3.37. The Morgan fingerprint density at radius 1 is 1.32 bits per heavy atom. The quantitative estimate of drug-likeness (QED) is 0.895. The number of aliphatic carboxylic acids is 1. The van der Waals surface area contributed by atoms with Crippen LogP contribution in [0.4, 0.5) is 0 Å². The molecule has 0 spiro atoms. The van der Waals surface area contributed by atoms with Gasteiger partial charge in [0.2, 0.25) is 0 Å². The number of carboxylic acids is 1. The standard InChI is InChI=1S/C17H20N2O3/c1-9-10(2)18-15-12(9)5-4-6-14(15)16(20)19-8-7-13(11(19)3)17(21)22/h4-6,11,13,18H,7-8H2,1-3H3,(H,21,22). The van der Waals surface area contributed by atoms with E-state index in [4.69, 9.17) is 0 Å². The van der Waals surface area contributed by atoms with E-state index in [-0.39, 0.29) is 11.9 Å². The molecule has 1 aromatic carbocycles. The first-order chi connectivity index (χ1) is 10.4. The van der Waals surface area contributed by atoms with Gasteiger partial charge in [-0.25, -0.2) is 0 Å². The van der Waals surface area contributed by atoms with Crippen LogP contribution in [0.1, 0.15) is 35.0 Å². The summed E-state index contributed by atoms with van der Waals surface area (Å²) in [5, 5.41) is 10.3. The number of H-pyrrole nitrogens is 1. The molecule has 1 saturated heterocycles. The lowest BCUT2D eigenvalue weighted by Gasteiger charge is -2.23. The average molecular weight is 300 g/mol. The number of carbonyl (C=O) groups is 2. The summed E-state index contributed by atoms with van der Waals surface area (Å²) in [4.78, 5) is 29.1. The Morgan fingerprint density at radius 2 is 2.05 bits per heavy atom. The molecule has 2 N–H and O–H groups in total. The number of hydrogen-bond donors (Lipinski definition) is 2. The second-order valence-corrected chi connectivity index (χ2v) is 6.08. The maximum atomic E-state index is 12.9. The number of carbonyl (C=O) groups excluding carboxylic acids is 1.